The number of carbonyl (C=O) groups is 1. The van der Waals surface area contributed by atoms with Crippen LogP contribution in [0.1, 0.15) is 5.56 Å². The number of fused-ring (bicyclic) bond motifs is 1. The number of pyridine rings is 1. The summed E-state index contributed by atoms with van der Waals surface area (Å²) in [6, 6.07) is 4.53. The minimum Gasteiger partial charge on any atom is -0.444 e. The number of nitrogens with one attached hydrogen (secondary N) is 1. The van der Waals surface area contributed by atoms with Crippen molar-refractivity contribution in [2.45, 2.75) is 6.61 Å². The van der Waals surface area contributed by atoms with Crippen molar-refractivity contribution in [3.05, 3.63) is 23.9 Å². The van der Waals surface area contributed by atoms with Crippen molar-refractivity contribution in [1.29, 1.82) is 0 Å². The maximum atomic E-state index is 10.6. The van der Waals surface area contributed by atoms with Gasteiger partial charge in [0.25, 0.3) is 0 Å². The zero-order valence-electron chi connectivity index (χ0n) is 5.63. The summed E-state index contributed by atoms with van der Waals surface area (Å²) < 4.78 is 4.69. The van der Waals surface area contributed by atoms with Crippen LogP contribution in [0.25, 0.3) is 0 Å². The van der Waals surface area contributed by atoms with Crippen LogP contribution in [0.2, 0.25) is 0 Å². The number of aromatic nitrogens is 1. The summed E-state index contributed by atoms with van der Waals surface area (Å²) in [7, 11) is 0. The number of hydrogen-bond donors (Lipinski definition) is 1. The molecule has 4 heteroatoms. The zero-order chi connectivity index (χ0) is 7.68. The van der Waals surface area contributed by atoms with Crippen molar-refractivity contribution in [2.24, 2.45) is 0 Å². The lowest BCUT2D eigenvalue weighted by atomic mass is 10.2. The summed E-state index contributed by atoms with van der Waals surface area (Å²) in [5.74, 6) is 0.569. The van der Waals surface area contributed by atoms with Crippen molar-refractivity contribution in [1.82, 2.24) is 4.98 Å². The van der Waals surface area contributed by atoms with Crippen LogP contribution in [0.15, 0.2) is 12.3 Å². The quantitative estimate of drug-likeness (QED) is 0.597. The number of rotatable bonds is 0. The Morgan fingerprint density at radius 3 is 3.55 bits per heavy atom. The summed E-state index contributed by atoms with van der Waals surface area (Å²) in [5, 5.41) is 2.47. The van der Waals surface area contributed by atoms with E-state index in [1.807, 2.05) is 0 Å². The molecule has 0 fully saturated rings. The summed E-state index contributed by atoms with van der Waals surface area (Å²) in [5.41, 5.74) is 0.854. The van der Waals surface area contributed by atoms with Gasteiger partial charge in [0, 0.05) is 17.8 Å². The first-order valence-electron chi connectivity index (χ1n) is 3.15. The fourth-order valence-electron chi connectivity index (χ4n) is 0.890. The number of nitrogens with zero attached hydrogens (tertiary/aromatic N) is 1. The molecule has 1 radical (unpaired) electrons. The van der Waals surface area contributed by atoms with Gasteiger partial charge in [-0.25, -0.2) is 9.78 Å². The van der Waals surface area contributed by atoms with Gasteiger partial charge in [0.1, 0.15) is 12.4 Å². The van der Waals surface area contributed by atoms with E-state index in [1.54, 1.807) is 6.07 Å². The Balaban J connectivity index is 2.41. The Morgan fingerprint density at radius 1 is 1.73 bits per heavy atom. The standard InChI is InChI=1S/C7H5N2O2/c10-7-9-6-5(4-11-7)2-1-3-8-6/h2-3H,4H2,(H,8,9,10). The second-order valence-electron chi connectivity index (χ2n) is 2.14. The lowest BCUT2D eigenvalue weighted by Crippen LogP contribution is -2.21. The van der Waals surface area contributed by atoms with Gasteiger partial charge in [-0.05, 0) is 6.07 Å². The smallest absolute Gasteiger partial charge is 0.413 e. The maximum absolute atomic E-state index is 10.6. The van der Waals surface area contributed by atoms with Crippen molar-refractivity contribution in [3.8, 4) is 0 Å². The van der Waals surface area contributed by atoms with Crippen LogP contribution in [0, 0.1) is 6.07 Å². The van der Waals surface area contributed by atoms with Crippen LogP contribution in [0.4, 0.5) is 10.6 Å². The van der Waals surface area contributed by atoms with E-state index in [9.17, 15) is 4.79 Å². The van der Waals surface area contributed by atoms with Crippen LogP contribution in [-0.2, 0) is 11.3 Å². The molecule has 55 valence electrons. The Bertz CT molecular complexity index is 298. The topological polar surface area (TPSA) is 51.2 Å². The lowest BCUT2D eigenvalue weighted by molar-refractivity contribution is 0.151. The Hall–Kier alpha value is -1.58. The minimum absolute atomic E-state index is 0.283. The predicted molar refractivity (Wildman–Crippen MR) is 36.9 cm³/mol. The normalized spacial score (nSPS) is 14.7. The first kappa shape index (κ1) is 6.15. The van der Waals surface area contributed by atoms with Gasteiger partial charge in [0.2, 0.25) is 0 Å². The third-order valence-electron chi connectivity index (χ3n) is 1.41. The molecule has 0 saturated carbocycles. The van der Waals surface area contributed by atoms with Gasteiger partial charge >= 0.3 is 6.09 Å². The van der Waals surface area contributed by atoms with Gasteiger partial charge in [0.05, 0.1) is 0 Å². The average Bonchev–Trinajstić information content (AvgIpc) is 2.04. The molecule has 4 nitrogen and oxygen atoms in total. The monoisotopic (exact) mass is 149 g/mol. The Kier molecular flexibility index (Phi) is 1.25. The summed E-state index contributed by atoms with van der Waals surface area (Å²) in [4.78, 5) is 14.5. The minimum atomic E-state index is -0.448. The van der Waals surface area contributed by atoms with Crippen molar-refractivity contribution in [2.75, 3.05) is 5.32 Å². The molecule has 0 aliphatic carbocycles. The van der Waals surface area contributed by atoms with Gasteiger partial charge in [-0.1, -0.05) is 0 Å². The van der Waals surface area contributed by atoms with Crippen molar-refractivity contribution >= 4 is 11.9 Å². The zero-order valence-corrected chi connectivity index (χ0v) is 5.63. The van der Waals surface area contributed by atoms with Crippen LogP contribution in [0.5, 0.6) is 0 Å². The average molecular weight is 149 g/mol. The summed E-state index contributed by atoms with van der Waals surface area (Å²) >= 11 is 0. The van der Waals surface area contributed by atoms with E-state index in [1.165, 1.54) is 6.20 Å². The summed E-state index contributed by atoms with van der Waals surface area (Å²) in [6.07, 6.45) is 1.06. The number of cyclic esters (lactones) is 1. The second-order valence-corrected chi connectivity index (χ2v) is 2.14. The fourth-order valence-corrected chi connectivity index (χ4v) is 0.890. The van der Waals surface area contributed by atoms with Crippen molar-refractivity contribution < 1.29 is 9.53 Å². The fraction of sp³-hybridized carbons (Fsp3) is 0.143. The molecule has 1 aromatic heterocycles. The van der Waals surface area contributed by atoms with Gasteiger partial charge in [0.15, 0.2) is 0 Å². The molecule has 2 heterocycles. The number of ether oxygens (including phenoxy) is 1. The van der Waals surface area contributed by atoms with E-state index in [0.29, 0.717) is 5.82 Å². The van der Waals surface area contributed by atoms with Crippen LogP contribution in [-0.4, -0.2) is 11.1 Å². The first-order valence-corrected chi connectivity index (χ1v) is 3.15. The highest BCUT2D eigenvalue weighted by Gasteiger charge is 2.14. The highest BCUT2D eigenvalue weighted by molar-refractivity contribution is 5.85. The number of hydrogen-bond acceptors (Lipinski definition) is 3. The second kappa shape index (κ2) is 2.23. The number of carbonyl (C=O) groups excluding carboxylic acids is 1. The SMILES string of the molecule is O=C1Nc2nc[c]cc2CO1. The molecule has 1 aliphatic rings. The molecule has 0 aromatic carbocycles. The summed E-state index contributed by atoms with van der Waals surface area (Å²) in [6.45, 7) is 0.283. The highest BCUT2D eigenvalue weighted by Crippen LogP contribution is 2.16. The molecule has 11 heavy (non-hydrogen) atoms. The van der Waals surface area contributed by atoms with Crippen LogP contribution < -0.4 is 5.32 Å². The largest absolute Gasteiger partial charge is 0.444 e. The molecule has 0 bridgehead atoms. The van der Waals surface area contributed by atoms with Gasteiger partial charge in [-0.2, -0.15) is 0 Å². The van der Waals surface area contributed by atoms with Crippen LogP contribution >= 0.6 is 0 Å². The Labute approximate surface area is 63.2 Å². The van der Waals surface area contributed by atoms with E-state index in [4.69, 9.17) is 4.74 Å². The lowest BCUT2D eigenvalue weighted by Gasteiger charge is -2.14. The Morgan fingerprint density at radius 2 is 2.64 bits per heavy atom. The first-order chi connectivity index (χ1) is 5.36. The molecule has 0 atom stereocenters. The van der Waals surface area contributed by atoms with E-state index in [0.717, 1.165) is 5.56 Å². The van der Waals surface area contributed by atoms with E-state index in [2.05, 4.69) is 16.4 Å². The van der Waals surface area contributed by atoms with E-state index >= 15 is 0 Å². The third-order valence-corrected chi connectivity index (χ3v) is 1.41. The van der Waals surface area contributed by atoms with E-state index < -0.39 is 6.09 Å². The molecule has 0 spiro atoms. The van der Waals surface area contributed by atoms with E-state index in [-0.39, 0.29) is 6.61 Å². The molecule has 2 rings (SSSR count). The molecule has 1 aromatic rings. The van der Waals surface area contributed by atoms with Gasteiger partial charge in [-0.15, -0.1) is 0 Å². The highest BCUT2D eigenvalue weighted by atomic mass is 16.5. The molecule has 0 saturated heterocycles. The molecule has 0 unspecified atom stereocenters. The van der Waals surface area contributed by atoms with Gasteiger partial charge < -0.3 is 4.74 Å². The molecule has 1 N–H and O–H groups in total. The molecular weight excluding hydrogens is 144 g/mol. The van der Waals surface area contributed by atoms with Crippen molar-refractivity contribution in [3.63, 3.8) is 0 Å². The molecular formula is C7H5N2O2. The maximum Gasteiger partial charge on any atom is 0.413 e. The van der Waals surface area contributed by atoms with Gasteiger partial charge in [-0.3, -0.25) is 5.32 Å². The van der Waals surface area contributed by atoms with Crippen LogP contribution in [0.3, 0.4) is 0 Å². The predicted octanol–water partition coefficient (Wildman–Crippen LogP) is 0.944. The number of amides is 1. The number of anilines is 1. The molecule has 1 aliphatic heterocycles. The third kappa shape index (κ3) is 1.02. The molecule has 1 amide bonds.